The highest BCUT2D eigenvalue weighted by Gasteiger charge is 2.38. The molecular weight excluding hydrogens is 332 g/mol. The normalized spacial score (nSPS) is 19.9. The van der Waals surface area contributed by atoms with Gasteiger partial charge in [-0.15, -0.1) is 0 Å². The van der Waals surface area contributed by atoms with E-state index in [9.17, 15) is 9.90 Å². The molecule has 1 amide bonds. The Hall–Kier alpha value is -2.05. The van der Waals surface area contributed by atoms with Crippen LogP contribution < -0.4 is 0 Å². The molecule has 6 nitrogen and oxygen atoms in total. The van der Waals surface area contributed by atoms with E-state index in [-0.39, 0.29) is 24.6 Å². The number of rotatable bonds is 8. The lowest BCUT2D eigenvalue weighted by atomic mass is 10.1. The van der Waals surface area contributed by atoms with Crippen molar-refractivity contribution < 1.29 is 19.4 Å². The summed E-state index contributed by atoms with van der Waals surface area (Å²) < 4.78 is 11.2. The van der Waals surface area contributed by atoms with E-state index in [1.807, 2.05) is 60.9 Å². The quantitative estimate of drug-likeness (QED) is 0.566. The van der Waals surface area contributed by atoms with Crippen molar-refractivity contribution in [3.63, 3.8) is 0 Å². The number of methoxy groups -OCH3 is 1. The molecule has 0 spiro atoms. The molecule has 0 aromatic heterocycles. The molecule has 1 heterocycles. The van der Waals surface area contributed by atoms with Crippen LogP contribution in [0.3, 0.4) is 0 Å². The second-order valence-electron chi connectivity index (χ2n) is 6.65. The van der Waals surface area contributed by atoms with Gasteiger partial charge >= 0.3 is 0 Å². The molecule has 1 aromatic rings. The van der Waals surface area contributed by atoms with Crippen LogP contribution in [0.5, 0.6) is 0 Å². The zero-order valence-electron chi connectivity index (χ0n) is 16.1. The summed E-state index contributed by atoms with van der Waals surface area (Å²) in [7, 11) is 1.66. The molecule has 1 atom stereocenters. The predicted octanol–water partition coefficient (Wildman–Crippen LogP) is 1.99. The maximum atomic E-state index is 13.1. The Morgan fingerprint density at radius 2 is 2.00 bits per heavy atom. The van der Waals surface area contributed by atoms with Gasteiger partial charge in [0.15, 0.2) is 5.76 Å². The number of piperazine rings is 1. The first-order chi connectivity index (χ1) is 12.5. The third-order valence-corrected chi connectivity index (χ3v) is 4.59. The van der Waals surface area contributed by atoms with Gasteiger partial charge in [0.2, 0.25) is 0 Å². The number of benzene rings is 1. The van der Waals surface area contributed by atoms with E-state index in [4.69, 9.17) is 9.47 Å². The van der Waals surface area contributed by atoms with Gasteiger partial charge in [0.1, 0.15) is 18.9 Å². The second kappa shape index (κ2) is 9.59. The molecule has 1 aliphatic rings. The predicted molar refractivity (Wildman–Crippen MR) is 100 cm³/mol. The van der Waals surface area contributed by atoms with Crippen molar-refractivity contribution in [3.8, 4) is 0 Å². The highest BCUT2D eigenvalue weighted by Crippen LogP contribution is 2.26. The topological polar surface area (TPSA) is 62.2 Å². The lowest BCUT2D eigenvalue weighted by Gasteiger charge is -2.45. The van der Waals surface area contributed by atoms with Crippen LogP contribution >= 0.6 is 0 Å². The number of aliphatic hydroxyl groups is 1. The molecule has 1 aliphatic heterocycles. The summed E-state index contributed by atoms with van der Waals surface area (Å²) in [6, 6.07) is 9.80. The average Bonchev–Trinajstić information content (AvgIpc) is 2.64. The van der Waals surface area contributed by atoms with Crippen molar-refractivity contribution in [2.45, 2.75) is 39.5 Å². The second-order valence-corrected chi connectivity index (χ2v) is 6.65. The molecular formula is C20H30N2O4. The van der Waals surface area contributed by atoms with E-state index >= 15 is 0 Å². The fourth-order valence-electron chi connectivity index (χ4n) is 3.26. The molecule has 144 valence electrons. The molecule has 2 rings (SSSR count). The highest BCUT2D eigenvalue weighted by molar-refractivity contribution is 5.94. The number of amides is 1. The lowest BCUT2D eigenvalue weighted by molar-refractivity contribution is -0.137. The molecule has 1 fully saturated rings. The van der Waals surface area contributed by atoms with Gasteiger partial charge in [0.05, 0.1) is 12.6 Å². The highest BCUT2D eigenvalue weighted by atomic mass is 16.5. The number of likely N-dealkylation sites (N-methyl/N-ethyl adjacent to an activating group) is 1. The summed E-state index contributed by atoms with van der Waals surface area (Å²) in [5, 5.41) is 9.92. The molecule has 1 unspecified atom stereocenters. The Morgan fingerprint density at radius 3 is 2.54 bits per heavy atom. The molecule has 0 saturated carbocycles. The van der Waals surface area contributed by atoms with Gasteiger partial charge in [-0.05, 0) is 26.3 Å². The minimum absolute atomic E-state index is 0.0296. The number of carbonyl (C=O) groups is 1. The summed E-state index contributed by atoms with van der Waals surface area (Å²) in [6.07, 6.45) is 0. The summed E-state index contributed by atoms with van der Waals surface area (Å²) in [6.45, 7) is 7.70. The van der Waals surface area contributed by atoms with Gasteiger partial charge in [0, 0.05) is 26.2 Å². The fraction of sp³-hybridized carbons (Fsp3) is 0.550. The van der Waals surface area contributed by atoms with E-state index in [0.29, 0.717) is 37.8 Å². The SMILES string of the molecule is CCN1/C(=C(\CO)OCc2ccccc2)C(=O)N(C(C)C)CC1COC. The van der Waals surface area contributed by atoms with Crippen LogP contribution in [0.25, 0.3) is 0 Å². The van der Waals surface area contributed by atoms with Crippen molar-refractivity contribution >= 4 is 5.91 Å². The summed E-state index contributed by atoms with van der Waals surface area (Å²) in [5.41, 5.74) is 1.42. The molecule has 6 heteroatoms. The van der Waals surface area contributed by atoms with Crippen molar-refractivity contribution in [3.05, 3.63) is 47.4 Å². The number of hydrogen-bond acceptors (Lipinski definition) is 5. The number of aliphatic hydroxyl groups excluding tert-OH is 1. The van der Waals surface area contributed by atoms with Crippen LogP contribution in [-0.4, -0.2) is 66.3 Å². The van der Waals surface area contributed by atoms with Gasteiger partial charge in [-0.3, -0.25) is 4.79 Å². The molecule has 1 N–H and O–H groups in total. The Kier molecular flexibility index (Phi) is 7.48. The maximum Gasteiger partial charge on any atom is 0.274 e. The van der Waals surface area contributed by atoms with Gasteiger partial charge in [-0.1, -0.05) is 30.3 Å². The Labute approximate surface area is 156 Å². The van der Waals surface area contributed by atoms with Gasteiger partial charge < -0.3 is 24.4 Å². The zero-order chi connectivity index (χ0) is 19.1. The van der Waals surface area contributed by atoms with Crippen molar-refractivity contribution in [1.29, 1.82) is 0 Å². The fourth-order valence-corrected chi connectivity index (χ4v) is 3.26. The first kappa shape index (κ1) is 20.3. The number of hydrogen-bond donors (Lipinski definition) is 1. The molecule has 1 saturated heterocycles. The Morgan fingerprint density at radius 1 is 1.31 bits per heavy atom. The van der Waals surface area contributed by atoms with Crippen LogP contribution in [0.1, 0.15) is 26.3 Å². The van der Waals surface area contributed by atoms with Crippen LogP contribution in [-0.2, 0) is 20.9 Å². The lowest BCUT2D eigenvalue weighted by Crippen LogP contribution is -2.58. The molecule has 1 aromatic carbocycles. The molecule has 26 heavy (non-hydrogen) atoms. The average molecular weight is 362 g/mol. The number of carbonyl (C=O) groups excluding carboxylic acids is 1. The Bertz CT molecular complexity index is 615. The molecule has 0 radical (unpaired) electrons. The van der Waals surface area contributed by atoms with Crippen LogP contribution in [0.15, 0.2) is 41.8 Å². The third kappa shape index (κ3) is 4.56. The third-order valence-electron chi connectivity index (χ3n) is 4.59. The first-order valence-corrected chi connectivity index (χ1v) is 9.10. The largest absolute Gasteiger partial charge is 0.488 e. The van der Waals surface area contributed by atoms with Crippen molar-refractivity contribution in [1.82, 2.24) is 9.80 Å². The van der Waals surface area contributed by atoms with E-state index < -0.39 is 0 Å². The van der Waals surface area contributed by atoms with Crippen molar-refractivity contribution in [2.24, 2.45) is 0 Å². The van der Waals surface area contributed by atoms with Crippen LogP contribution in [0.4, 0.5) is 0 Å². The van der Waals surface area contributed by atoms with Gasteiger partial charge in [-0.25, -0.2) is 0 Å². The van der Waals surface area contributed by atoms with E-state index in [1.165, 1.54) is 0 Å². The number of nitrogens with zero attached hydrogens (tertiary/aromatic N) is 2. The first-order valence-electron chi connectivity index (χ1n) is 9.10. The molecule has 0 bridgehead atoms. The van der Waals surface area contributed by atoms with Crippen LogP contribution in [0, 0.1) is 0 Å². The summed E-state index contributed by atoms with van der Waals surface area (Å²) >= 11 is 0. The number of ether oxygens (including phenoxy) is 2. The molecule has 0 aliphatic carbocycles. The summed E-state index contributed by atoms with van der Waals surface area (Å²) in [5.74, 6) is 0.207. The Balaban J connectivity index is 2.35. The standard InChI is InChI=1S/C20H30N2O4/c1-5-21-17(14-25-4)11-22(15(2)3)20(24)19(21)18(12-23)26-13-16-9-7-6-8-10-16/h6-10,15,17,23H,5,11-14H2,1-4H3/b19-18+. The minimum atomic E-state index is -0.323. The van der Waals surface area contributed by atoms with E-state index in [2.05, 4.69) is 0 Å². The van der Waals surface area contributed by atoms with E-state index in [0.717, 1.165) is 5.56 Å². The van der Waals surface area contributed by atoms with Crippen LogP contribution in [0.2, 0.25) is 0 Å². The smallest absolute Gasteiger partial charge is 0.274 e. The van der Waals surface area contributed by atoms with Gasteiger partial charge in [0.25, 0.3) is 5.91 Å². The summed E-state index contributed by atoms with van der Waals surface area (Å²) in [4.78, 5) is 16.9. The monoisotopic (exact) mass is 362 g/mol. The minimum Gasteiger partial charge on any atom is -0.488 e. The van der Waals surface area contributed by atoms with E-state index in [1.54, 1.807) is 7.11 Å². The maximum absolute atomic E-state index is 13.1. The van der Waals surface area contributed by atoms with Crippen molar-refractivity contribution in [2.75, 3.05) is 33.4 Å². The van der Waals surface area contributed by atoms with Gasteiger partial charge in [-0.2, -0.15) is 0 Å². The zero-order valence-corrected chi connectivity index (χ0v) is 16.1.